The maximum atomic E-state index is 10.9. The van der Waals surface area contributed by atoms with Crippen molar-refractivity contribution in [3.8, 4) is 0 Å². The van der Waals surface area contributed by atoms with E-state index >= 15 is 0 Å². The van der Waals surface area contributed by atoms with E-state index in [9.17, 15) is 10.2 Å². The predicted octanol–water partition coefficient (Wildman–Crippen LogP) is 1.55. The quantitative estimate of drug-likeness (QED) is 0.603. The van der Waals surface area contributed by atoms with E-state index in [0.29, 0.717) is 6.54 Å². The van der Waals surface area contributed by atoms with Gasteiger partial charge < -0.3 is 15.1 Å². The first-order chi connectivity index (χ1) is 8.32. The predicted molar refractivity (Wildman–Crippen MR) is 79.4 cm³/mol. The zero-order valence-corrected chi connectivity index (χ0v) is 12.6. The highest BCUT2D eigenvalue weighted by molar-refractivity contribution is 7.22. The largest absolute Gasteiger partial charge is 0.388 e. The SMILES string of the molecule is C=C(P)/C=C\C(=C/C)C1(O)C(C)CN(C)CC1O. The summed E-state index contributed by atoms with van der Waals surface area (Å²) in [4.78, 5) is 2.04. The Hall–Kier alpha value is -0.470. The number of hydrogen-bond acceptors (Lipinski definition) is 3. The van der Waals surface area contributed by atoms with Crippen molar-refractivity contribution in [2.24, 2.45) is 5.92 Å². The lowest BCUT2D eigenvalue weighted by molar-refractivity contribution is -0.120. The number of hydrogen-bond donors (Lipinski definition) is 2. The molecule has 1 fully saturated rings. The van der Waals surface area contributed by atoms with Gasteiger partial charge in [0.1, 0.15) is 5.60 Å². The van der Waals surface area contributed by atoms with Gasteiger partial charge in [0.05, 0.1) is 6.10 Å². The van der Waals surface area contributed by atoms with Crippen molar-refractivity contribution in [2.45, 2.75) is 25.6 Å². The highest BCUT2D eigenvalue weighted by Gasteiger charge is 2.46. The second-order valence-electron chi connectivity index (χ2n) is 5.12. The van der Waals surface area contributed by atoms with Gasteiger partial charge in [-0.25, -0.2) is 0 Å². The van der Waals surface area contributed by atoms with Crippen LogP contribution in [0, 0.1) is 5.92 Å². The normalized spacial score (nSPS) is 35.1. The number of piperidine rings is 1. The summed E-state index contributed by atoms with van der Waals surface area (Å²) in [6.45, 7) is 8.86. The Morgan fingerprint density at radius 3 is 2.50 bits per heavy atom. The molecule has 0 saturated carbocycles. The van der Waals surface area contributed by atoms with Gasteiger partial charge in [0.15, 0.2) is 0 Å². The van der Waals surface area contributed by atoms with Crippen LogP contribution in [0.5, 0.6) is 0 Å². The van der Waals surface area contributed by atoms with E-state index in [1.54, 1.807) is 0 Å². The molecule has 1 saturated heterocycles. The molecule has 0 aromatic heterocycles. The molecule has 4 heteroatoms. The summed E-state index contributed by atoms with van der Waals surface area (Å²) in [7, 11) is 4.46. The maximum absolute atomic E-state index is 10.9. The smallest absolute Gasteiger partial charge is 0.120 e. The van der Waals surface area contributed by atoms with Gasteiger partial charge in [0, 0.05) is 19.0 Å². The van der Waals surface area contributed by atoms with Crippen LogP contribution in [0.3, 0.4) is 0 Å². The molecule has 1 aliphatic rings. The molecular formula is C14H24NO2P. The number of nitrogens with zero attached hydrogens (tertiary/aromatic N) is 1. The minimum absolute atomic E-state index is 0.0279. The molecule has 18 heavy (non-hydrogen) atoms. The van der Waals surface area contributed by atoms with Gasteiger partial charge >= 0.3 is 0 Å². The minimum atomic E-state index is -1.18. The highest BCUT2D eigenvalue weighted by atomic mass is 31.0. The fourth-order valence-electron chi connectivity index (χ4n) is 2.58. The zero-order chi connectivity index (χ0) is 13.9. The van der Waals surface area contributed by atoms with Crippen LogP contribution in [0.4, 0.5) is 0 Å². The molecule has 0 aromatic carbocycles. The maximum Gasteiger partial charge on any atom is 0.120 e. The number of likely N-dealkylation sites (N-methyl/N-ethyl adjacent to an activating group) is 1. The highest BCUT2D eigenvalue weighted by Crippen LogP contribution is 2.35. The Morgan fingerprint density at radius 2 is 2.06 bits per heavy atom. The lowest BCUT2D eigenvalue weighted by Crippen LogP contribution is -2.60. The van der Waals surface area contributed by atoms with Crippen LogP contribution in [-0.2, 0) is 0 Å². The topological polar surface area (TPSA) is 43.7 Å². The summed E-state index contributed by atoms with van der Waals surface area (Å²) >= 11 is 0. The lowest BCUT2D eigenvalue weighted by Gasteiger charge is -2.46. The van der Waals surface area contributed by atoms with Crippen molar-refractivity contribution < 1.29 is 10.2 Å². The lowest BCUT2D eigenvalue weighted by atomic mass is 9.74. The summed E-state index contributed by atoms with van der Waals surface area (Å²) in [5.41, 5.74) is -0.433. The molecule has 0 spiro atoms. The van der Waals surface area contributed by atoms with E-state index in [0.717, 1.165) is 17.4 Å². The van der Waals surface area contributed by atoms with E-state index < -0.39 is 11.7 Å². The Balaban J connectivity index is 3.05. The summed E-state index contributed by atoms with van der Waals surface area (Å²) < 4.78 is 0. The average molecular weight is 269 g/mol. The van der Waals surface area contributed by atoms with Crippen LogP contribution in [-0.4, -0.2) is 47.0 Å². The van der Waals surface area contributed by atoms with Gasteiger partial charge in [-0.3, -0.25) is 0 Å². The fourth-order valence-corrected chi connectivity index (χ4v) is 2.67. The first-order valence-corrected chi connectivity index (χ1v) is 6.78. The van der Waals surface area contributed by atoms with Crippen LogP contribution in [0.25, 0.3) is 0 Å². The van der Waals surface area contributed by atoms with Crippen molar-refractivity contribution in [3.05, 3.63) is 35.7 Å². The standard InChI is InChI=1S/C14H24NO2P/c1-5-12(7-6-11(3)18)14(17)10(2)8-15(4)9-13(14)16/h5-7,10,13,16-17H,3,8-9,18H2,1-2,4H3/b7-6-,12-5+. The van der Waals surface area contributed by atoms with Crippen LogP contribution in [0.2, 0.25) is 0 Å². The van der Waals surface area contributed by atoms with Gasteiger partial charge in [-0.15, -0.1) is 9.24 Å². The molecule has 0 radical (unpaired) electrons. The van der Waals surface area contributed by atoms with Gasteiger partial charge in [-0.2, -0.15) is 0 Å². The van der Waals surface area contributed by atoms with Gasteiger partial charge in [-0.05, 0) is 24.9 Å². The second kappa shape index (κ2) is 6.12. The van der Waals surface area contributed by atoms with Crippen molar-refractivity contribution in [1.82, 2.24) is 4.90 Å². The number of β-amino-alcohol motifs (C(OH)–C–C–N with tert-alkyl or cyclic N) is 1. The van der Waals surface area contributed by atoms with Crippen LogP contribution in [0.1, 0.15) is 13.8 Å². The second-order valence-corrected chi connectivity index (χ2v) is 5.86. The average Bonchev–Trinajstić information content (AvgIpc) is 2.26. The molecule has 3 nitrogen and oxygen atoms in total. The molecule has 0 aliphatic carbocycles. The van der Waals surface area contributed by atoms with E-state index in [-0.39, 0.29) is 5.92 Å². The third-order valence-electron chi connectivity index (χ3n) is 3.58. The van der Waals surface area contributed by atoms with Crippen molar-refractivity contribution in [3.63, 3.8) is 0 Å². The summed E-state index contributed by atoms with van der Waals surface area (Å²) in [6.07, 6.45) is 4.74. The molecule has 0 amide bonds. The molecule has 4 unspecified atom stereocenters. The molecular weight excluding hydrogens is 245 g/mol. The Bertz CT molecular complexity index is 364. The van der Waals surface area contributed by atoms with Crippen molar-refractivity contribution >= 4 is 9.24 Å². The Kier molecular flexibility index (Phi) is 5.30. The summed E-state index contributed by atoms with van der Waals surface area (Å²) in [5, 5.41) is 21.9. The molecule has 1 rings (SSSR count). The molecule has 102 valence electrons. The summed E-state index contributed by atoms with van der Waals surface area (Å²) in [6, 6.07) is 0. The minimum Gasteiger partial charge on any atom is -0.388 e. The van der Waals surface area contributed by atoms with E-state index in [2.05, 4.69) is 15.8 Å². The molecule has 2 N–H and O–H groups in total. The number of allylic oxidation sites excluding steroid dienone is 3. The van der Waals surface area contributed by atoms with E-state index in [1.165, 1.54) is 0 Å². The molecule has 1 aliphatic heterocycles. The van der Waals surface area contributed by atoms with Crippen molar-refractivity contribution in [2.75, 3.05) is 20.1 Å². The van der Waals surface area contributed by atoms with Gasteiger partial charge in [-0.1, -0.05) is 31.7 Å². The molecule has 0 bridgehead atoms. The number of aliphatic hydroxyl groups excluding tert-OH is 1. The Labute approximate surface area is 112 Å². The molecule has 1 heterocycles. The fraction of sp³-hybridized carbons (Fsp3) is 0.571. The van der Waals surface area contributed by atoms with Crippen LogP contribution in [0.15, 0.2) is 35.7 Å². The summed E-state index contributed by atoms with van der Waals surface area (Å²) in [5.74, 6) is -0.0279. The number of likely N-dealkylation sites (tertiary alicyclic amines) is 1. The monoisotopic (exact) mass is 269 g/mol. The molecule has 4 atom stereocenters. The Morgan fingerprint density at radius 1 is 1.44 bits per heavy atom. The number of aliphatic hydroxyl groups is 2. The molecule has 0 aromatic rings. The first kappa shape index (κ1) is 15.6. The number of rotatable bonds is 3. The third kappa shape index (κ3) is 3.10. The van der Waals surface area contributed by atoms with Gasteiger partial charge in [0.2, 0.25) is 0 Å². The first-order valence-electron chi connectivity index (χ1n) is 6.20. The van der Waals surface area contributed by atoms with E-state index in [1.807, 2.05) is 44.0 Å². The zero-order valence-electron chi connectivity index (χ0n) is 11.4. The van der Waals surface area contributed by atoms with Crippen molar-refractivity contribution in [1.29, 1.82) is 0 Å². The van der Waals surface area contributed by atoms with Crippen LogP contribution >= 0.6 is 9.24 Å². The third-order valence-corrected chi connectivity index (χ3v) is 3.77. The van der Waals surface area contributed by atoms with Gasteiger partial charge in [0.25, 0.3) is 0 Å². The van der Waals surface area contributed by atoms with Crippen LogP contribution < -0.4 is 0 Å². The van der Waals surface area contributed by atoms with E-state index in [4.69, 9.17) is 0 Å².